The predicted molar refractivity (Wildman–Crippen MR) is 105 cm³/mol. The van der Waals surface area contributed by atoms with E-state index in [0.717, 1.165) is 12.8 Å². The Morgan fingerprint density at radius 3 is 2.38 bits per heavy atom. The molecule has 0 aliphatic heterocycles. The monoisotopic (exact) mass is 313 g/mol. The number of rotatable bonds is 5. The Balaban J connectivity index is 1.58. The summed E-state index contributed by atoms with van der Waals surface area (Å²) in [7, 11) is 2.10. The molecular formula is C23H23N. The smallest absolute Gasteiger partial charge is 0.0408 e. The lowest BCUT2D eigenvalue weighted by Gasteiger charge is -2.19. The van der Waals surface area contributed by atoms with E-state index in [9.17, 15) is 0 Å². The molecule has 3 rings (SSSR count). The minimum absolute atomic E-state index is 0.957. The van der Waals surface area contributed by atoms with Crippen LogP contribution < -0.4 is 4.90 Å². The molecule has 0 fully saturated rings. The predicted octanol–water partition coefficient (Wildman–Crippen LogP) is 6.00. The molecule has 0 unspecified atom stereocenters. The maximum Gasteiger partial charge on any atom is 0.0408 e. The highest BCUT2D eigenvalue weighted by molar-refractivity contribution is 5.62. The van der Waals surface area contributed by atoms with Crippen molar-refractivity contribution in [2.75, 3.05) is 11.9 Å². The summed E-state index contributed by atoms with van der Waals surface area (Å²) in [5.41, 5.74) is 5.09. The zero-order valence-electron chi connectivity index (χ0n) is 14.1. The van der Waals surface area contributed by atoms with E-state index in [0.29, 0.717) is 0 Å². The fourth-order valence-electron chi connectivity index (χ4n) is 2.71. The second-order valence-corrected chi connectivity index (χ2v) is 5.93. The molecule has 2 aromatic rings. The number of nitrogens with zero attached hydrogens (tertiary/aromatic N) is 1. The molecule has 0 aromatic heterocycles. The largest absolute Gasteiger partial charge is 0.345 e. The first-order valence-corrected chi connectivity index (χ1v) is 8.39. The quantitative estimate of drug-likeness (QED) is 0.654. The fourth-order valence-corrected chi connectivity index (χ4v) is 2.71. The third kappa shape index (κ3) is 4.36. The molecule has 1 aliphatic rings. The molecule has 0 saturated carbocycles. The highest BCUT2D eigenvalue weighted by Crippen LogP contribution is 2.23. The van der Waals surface area contributed by atoms with Crippen molar-refractivity contribution in [3.05, 3.63) is 108 Å². The molecule has 1 heteroatoms. The number of para-hydroxylation sites is 1. The molecule has 0 spiro atoms. The summed E-state index contributed by atoms with van der Waals surface area (Å²) in [5.74, 6) is 0. The van der Waals surface area contributed by atoms with E-state index in [-0.39, 0.29) is 0 Å². The molecule has 0 bridgehead atoms. The van der Waals surface area contributed by atoms with Crippen LogP contribution in [0.2, 0.25) is 0 Å². The van der Waals surface area contributed by atoms with Crippen LogP contribution in [0.25, 0.3) is 0 Å². The average molecular weight is 313 g/mol. The SMILES string of the molecule is CN(c1ccccc1)c1ccc(C/C=C\C=C2\C=CC=CC2)cc1. The van der Waals surface area contributed by atoms with E-state index >= 15 is 0 Å². The highest BCUT2D eigenvalue weighted by atomic mass is 15.1. The van der Waals surface area contributed by atoms with Crippen molar-refractivity contribution in [3.63, 3.8) is 0 Å². The fraction of sp³-hybridized carbons (Fsp3) is 0.130. The van der Waals surface area contributed by atoms with Crippen molar-refractivity contribution >= 4 is 11.4 Å². The molecule has 0 radical (unpaired) electrons. The molecule has 1 aliphatic carbocycles. The van der Waals surface area contributed by atoms with Gasteiger partial charge in [0.05, 0.1) is 0 Å². The first-order valence-electron chi connectivity index (χ1n) is 8.39. The maximum atomic E-state index is 2.22. The molecule has 0 heterocycles. The summed E-state index contributed by atoms with van der Waals surface area (Å²) in [6.07, 6.45) is 17.1. The van der Waals surface area contributed by atoms with Crippen molar-refractivity contribution in [1.82, 2.24) is 0 Å². The van der Waals surface area contributed by atoms with E-state index in [1.165, 1.54) is 22.5 Å². The summed E-state index contributed by atoms with van der Waals surface area (Å²) < 4.78 is 0. The average Bonchev–Trinajstić information content (AvgIpc) is 2.67. The Hall–Kier alpha value is -2.80. The van der Waals surface area contributed by atoms with E-state index < -0.39 is 0 Å². The van der Waals surface area contributed by atoms with E-state index in [4.69, 9.17) is 0 Å². The Morgan fingerprint density at radius 1 is 0.917 bits per heavy atom. The van der Waals surface area contributed by atoms with Gasteiger partial charge < -0.3 is 4.90 Å². The number of hydrogen-bond donors (Lipinski definition) is 0. The second-order valence-electron chi connectivity index (χ2n) is 5.93. The molecule has 24 heavy (non-hydrogen) atoms. The lowest BCUT2D eigenvalue weighted by molar-refractivity contribution is 1.19. The molecule has 1 nitrogen and oxygen atoms in total. The van der Waals surface area contributed by atoms with Gasteiger partial charge in [0.15, 0.2) is 0 Å². The van der Waals surface area contributed by atoms with Crippen LogP contribution in [-0.2, 0) is 6.42 Å². The molecule has 0 atom stereocenters. The molecule has 0 saturated heterocycles. The summed E-state index contributed by atoms with van der Waals surface area (Å²) in [6.45, 7) is 0. The number of allylic oxidation sites excluding steroid dienone is 8. The number of hydrogen-bond acceptors (Lipinski definition) is 1. The van der Waals surface area contributed by atoms with Crippen LogP contribution in [0.15, 0.2) is 103 Å². The standard InChI is InChI=1S/C23H23N/c1-24(22-14-6-3-7-15-22)23-18-16-21(17-19-23)13-9-8-12-20-10-4-2-5-11-20/h2-10,12,14-19H,11,13H2,1H3/b9-8-,20-12-. The van der Waals surface area contributed by atoms with Gasteiger partial charge in [-0.3, -0.25) is 0 Å². The minimum atomic E-state index is 0.957. The van der Waals surface area contributed by atoms with Crippen LogP contribution in [0.3, 0.4) is 0 Å². The van der Waals surface area contributed by atoms with Gasteiger partial charge in [-0.05, 0) is 48.2 Å². The maximum absolute atomic E-state index is 2.22. The van der Waals surface area contributed by atoms with Crippen LogP contribution in [-0.4, -0.2) is 7.05 Å². The summed E-state index contributed by atoms with van der Waals surface area (Å²) in [4.78, 5) is 2.20. The Kier molecular flexibility index (Phi) is 5.47. The topological polar surface area (TPSA) is 3.24 Å². The summed E-state index contributed by atoms with van der Waals surface area (Å²) >= 11 is 0. The van der Waals surface area contributed by atoms with Gasteiger partial charge in [0.1, 0.15) is 0 Å². The Morgan fingerprint density at radius 2 is 1.67 bits per heavy atom. The molecule has 0 amide bonds. The first-order chi connectivity index (χ1) is 11.8. The number of benzene rings is 2. The van der Waals surface area contributed by atoms with Crippen molar-refractivity contribution in [2.24, 2.45) is 0 Å². The van der Waals surface area contributed by atoms with E-state index in [1.54, 1.807) is 0 Å². The second kappa shape index (κ2) is 8.16. The Labute approximate surface area is 144 Å². The Bertz CT molecular complexity index is 761. The lowest BCUT2D eigenvalue weighted by Crippen LogP contribution is -2.08. The zero-order chi connectivity index (χ0) is 16.6. The molecule has 120 valence electrons. The van der Waals surface area contributed by atoms with Gasteiger partial charge in [0.25, 0.3) is 0 Å². The number of anilines is 2. The van der Waals surface area contributed by atoms with Crippen molar-refractivity contribution in [2.45, 2.75) is 12.8 Å². The molecule has 0 N–H and O–H groups in total. The van der Waals surface area contributed by atoms with Crippen LogP contribution in [0, 0.1) is 0 Å². The summed E-state index contributed by atoms with van der Waals surface area (Å²) in [6, 6.07) is 19.2. The first kappa shape index (κ1) is 16.1. The van der Waals surface area contributed by atoms with Crippen LogP contribution in [0.4, 0.5) is 11.4 Å². The van der Waals surface area contributed by atoms with Gasteiger partial charge in [-0.15, -0.1) is 0 Å². The van der Waals surface area contributed by atoms with Crippen molar-refractivity contribution in [1.29, 1.82) is 0 Å². The van der Waals surface area contributed by atoms with Gasteiger partial charge in [0, 0.05) is 18.4 Å². The molecule has 2 aromatic carbocycles. The van der Waals surface area contributed by atoms with E-state index in [2.05, 4.69) is 103 Å². The van der Waals surface area contributed by atoms with Gasteiger partial charge in [0.2, 0.25) is 0 Å². The van der Waals surface area contributed by atoms with Crippen LogP contribution in [0.5, 0.6) is 0 Å². The molecular weight excluding hydrogens is 290 g/mol. The highest BCUT2D eigenvalue weighted by Gasteiger charge is 2.02. The van der Waals surface area contributed by atoms with Crippen LogP contribution >= 0.6 is 0 Å². The lowest BCUT2D eigenvalue weighted by atomic mass is 10.1. The van der Waals surface area contributed by atoms with Crippen molar-refractivity contribution < 1.29 is 0 Å². The summed E-state index contributed by atoms with van der Waals surface area (Å²) in [5, 5.41) is 0. The minimum Gasteiger partial charge on any atom is -0.345 e. The van der Waals surface area contributed by atoms with Crippen LogP contribution in [0.1, 0.15) is 12.0 Å². The van der Waals surface area contributed by atoms with Crippen molar-refractivity contribution in [3.8, 4) is 0 Å². The third-order valence-electron chi connectivity index (χ3n) is 4.18. The van der Waals surface area contributed by atoms with Gasteiger partial charge in [-0.25, -0.2) is 0 Å². The normalized spacial score (nSPS) is 15.3. The zero-order valence-corrected chi connectivity index (χ0v) is 14.1. The van der Waals surface area contributed by atoms with Gasteiger partial charge in [-0.1, -0.05) is 72.9 Å². The third-order valence-corrected chi connectivity index (χ3v) is 4.18. The van der Waals surface area contributed by atoms with Gasteiger partial charge in [-0.2, -0.15) is 0 Å². The van der Waals surface area contributed by atoms with E-state index in [1.807, 2.05) is 6.07 Å². The van der Waals surface area contributed by atoms with Gasteiger partial charge >= 0.3 is 0 Å².